The highest BCUT2D eigenvalue weighted by molar-refractivity contribution is 5.97. The Balaban J connectivity index is 2.10. The Morgan fingerprint density at radius 2 is 1.94 bits per heavy atom. The van der Waals surface area contributed by atoms with Gasteiger partial charge in [0.15, 0.2) is 18.2 Å². The van der Waals surface area contributed by atoms with Crippen molar-refractivity contribution in [2.24, 2.45) is 0 Å². The van der Waals surface area contributed by atoms with Gasteiger partial charge in [0, 0.05) is 13.2 Å². The van der Waals surface area contributed by atoms with Crippen LogP contribution < -0.4 is 9.47 Å². The van der Waals surface area contributed by atoms with Gasteiger partial charge in [0.1, 0.15) is 35.4 Å². The molecule has 34 heavy (non-hydrogen) atoms. The van der Waals surface area contributed by atoms with Gasteiger partial charge in [-0.25, -0.2) is 9.18 Å². The highest BCUT2D eigenvalue weighted by Gasteiger charge is 2.44. The summed E-state index contributed by atoms with van der Waals surface area (Å²) in [5.74, 6) is -1.06. The molecule has 1 saturated heterocycles. The minimum absolute atomic E-state index is 0.110. The largest absolute Gasteiger partial charge is 0.497 e. The molecule has 1 aromatic rings. The van der Waals surface area contributed by atoms with E-state index in [0.717, 1.165) is 0 Å². The Morgan fingerprint density at radius 3 is 2.62 bits per heavy atom. The second-order valence-electron chi connectivity index (χ2n) is 8.97. The van der Waals surface area contributed by atoms with E-state index in [1.165, 1.54) is 46.3 Å². The van der Waals surface area contributed by atoms with Gasteiger partial charge in [-0.2, -0.15) is 0 Å². The molecule has 1 N–H and O–H groups in total. The molecular weight excluding hydrogens is 447 g/mol. The first-order chi connectivity index (χ1) is 16.0. The molecule has 188 valence electrons. The quantitative estimate of drug-likeness (QED) is 0.395. The van der Waals surface area contributed by atoms with Gasteiger partial charge < -0.3 is 33.5 Å². The number of carbonyl (C=O) groups is 1. The topological polar surface area (TPSA) is 92.7 Å². The van der Waals surface area contributed by atoms with Crippen molar-refractivity contribution in [1.82, 2.24) is 0 Å². The Labute approximate surface area is 199 Å². The lowest BCUT2D eigenvalue weighted by molar-refractivity contribution is -0.152. The Morgan fingerprint density at radius 1 is 1.21 bits per heavy atom. The number of cyclic esters (lactones) is 1. The molecule has 1 fully saturated rings. The van der Waals surface area contributed by atoms with E-state index in [1.807, 2.05) is 0 Å². The summed E-state index contributed by atoms with van der Waals surface area (Å²) in [4.78, 5) is 13.2. The molecule has 2 heterocycles. The number of aliphatic hydroxyl groups is 1. The Bertz CT molecular complexity index is 939. The lowest BCUT2D eigenvalue weighted by Crippen LogP contribution is -2.37. The second-order valence-corrected chi connectivity index (χ2v) is 8.97. The number of carbonyl (C=O) groups excluding carboxylic acids is 1. The van der Waals surface area contributed by atoms with Crippen LogP contribution in [0.15, 0.2) is 30.4 Å². The summed E-state index contributed by atoms with van der Waals surface area (Å²) in [5.41, 5.74) is -1.51. The molecule has 0 aromatic heterocycles. The number of hydrogen-bond donors (Lipinski definition) is 1. The molecule has 0 bridgehead atoms. The van der Waals surface area contributed by atoms with Crippen molar-refractivity contribution >= 4 is 12.0 Å². The monoisotopic (exact) mass is 480 g/mol. The number of methoxy groups -OCH3 is 2. The third-order valence-corrected chi connectivity index (χ3v) is 5.80. The third-order valence-electron chi connectivity index (χ3n) is 5.80. The van der Waals surface area contributed by atoms with Crippen molar-refractivity contribution in [3.05, 3.63) is 41.5 Å². The summed E-state index contributed by atoms with van der Waals surface area (Å²) in [6, 6.07) is 3.19. The summed E-state index contributed by atoms with van der Waals surface area (Å²) in [6.07, 6.45) is 2.87. The van der Waals surface area contributed by atoms with Gasteiger partial charge in [0.05, 0.1) is 13.2 Å². The maximum Gasteiger partial charge on any atom is 0.342 e. The van der Waals surface area contributed by atoms with Gasteiger partial charge in [-0.3, -0.25) is 0 Å². The maximum absolute atomic E-state index is 15.4. The predicted octanol–water partition coefficient (Wildman–Crippen LogP) is 3.81. The smallest absolute Gasteiger partial charge is 0.342 e. The molecule has 9 heteroatoms. The molecule has 5 atom stereocenters. The molecule has 4 unspecified atom stereocenters. The molecule has 2 aliphatic rings. The fraction of sp³-hybridized carbons (Fsp3) is 0.560. The average molecular weight is 481 g/mol. The van der Waals surface area contributed by atoms with Crippen LogP contribution in [0.5, 0.6) is 11.5 Å². The van der Waals surface area contributed by atoms with E-state index in [1.54, 1.807) is 32.1 Å². The number of aliphatic hydroxyl groups excluding tert-OH is 1. The van der Waals surface area contributed by atoms with E-state index in [4.69, 9.17) is 28.4 Å². The van der Waals surface area contributed by atoms with Crippen molar-refractivity contribution in [2.45, 2.75) is 70.0 Å². The van der Waals surface area contributed by atoms with Crippen LogP contribution in [0.4, 0.5) is 4.39 Å². The fourth-order valence-electron chi connectivity index (χ4n) is 3.85. The first kappa shape index (κ1) is 26.2. The van der Waals surface area contributed by atoms with Gasteiger partial charge in [-0.1, -0.05) is 18.2 Å². The number of fused-ring (bicyclic) bond motifs is 2. The average Bonchev–Trinajstić information content (AvgIpc) is 3.09. The number of alkyl halides is 1. The molecule has 0 amide bonds. The van der Waals surface area contributed by atoms with E-state index in [9.17, 15) is 9.90 Å². The lowest BCUT2D eigenvalue weighted by atomic mass is 9.97. The maximum atomic E-state index is 15.4. The van der Waals surface area contributed by atoms with Crippen molar-refractivity contribution < 1.29 is 42.7 Å². The van der Waals surface area contributed by atoms with Crippen LogP contribution in [0.1, 0.15) is 50.0 Å². The Hall–Kier alpha value is -2.46. The minimum atomic E-state index is -2.07. The zero-order chi connectivity index (χ0) is 25.1. The van der Waals surface area contributed by atoms with E-state index in [2.05, 4.69) is 0 Å². The number of esters is 1. The lowest BCUT2D eigenvalue weighted by Gasteiger charge is -2.26. The summed E-state index contributed by atoms with van der Waals surface area (Å²) >= 11 is 0. The molecule has 3 rings (SSSR count). The Kier molecular flexibility index (Phi) is 8.02. The standard InChI is InChI=1S/C25H33FO8/c1-15-25(4,26)11-10-18(27)22-19(33-24(2,3)34-22)9-7-8-16-12-17(30-6)13-20(31-14-29-5)21(16)23(28)32-15/h7-8,10-13,15,18-19,22,27H,9,14H2,1-6H3/t15?,18?,19-,22?,25?/m0/s1. The highest BCUT2D eigenvalue weighted by Crippen LogP contribution is 2.35. The SMILES string of the molecule is COCOc1cc(OC)cc2c1C(=O)OC(C)C(C)(F)C=CC(O)C1OC(C)(C)O[C@H]1CC=C2. The van der Waals surface area contributed by atoms with E-state index >= 15 is 4.39 Å². The van der Waals surface area contributed by atoms with Crippen molar-refractivity contribution in [3.8, 4) is 11.5 Å². The molecule has 8 nitrogen and oxygen atoms in total. The van der Waals surface area contributed by atoms with Crippen LogP contribution in [0, 0.1) is 0 Å². The van der Waals surface area contributed by atoms with Crippen LogP contribution in [0.2, 0.25) is 0 Å². The van der Waals surface area contributed by atoms with Gasteiger partial charge in [0.25, 0.3) is 0 Å². The minimum Gasteiger partial charge on any atom is -0.497 e. The van der Waals surface area contributed by atoms with Crippen LogP contribution >= 0.6 is 0 Å². The molecular formula is C25H33FO8. The summed E-state index contributed by atoms with van der Waals surface area (Å²) in [5, 5.41) is 10.7. The molecule has 0 aliphatic carbocycles. The number of rotatable bonds is 4. The summed E-state index contributed by atoms with van der Waals surface area (Å²) < 4.78 is 48.7. The number of hydrogen-bond acceptors (Lipinski definition) is 8. The number of ether oxygens (including phenoxy) is 6. The predicted molar refractivity (Wildman–Crippen MR) is 123 cm³/mol. The van der Waals surface area contributed by atoms with Crippen molar-refractivity contribution in [1.29, 1.82) is 0 Å². The van der Waals surface area contributed by atoms with Crippen LogP contribution in [0.25, 0.3) is 6.08 Å². The van der Waals surface area contributed by atoms with E-state index in [0.29, 0.717) is 17.7 Å². The number of halogens is 1. The summed E-state index contributed by atoms with van der Waals surface area (Å²) in [6.45, 7) is 6.10. The summed E-state index contributed by atoms with van der Waals surface area (Å²) in [7, 11) is 2.95. The molecule has 0 saturated carbocycles. The van der Waals surface area contributed by atoms with Crippen molar-refractivity contribution in [2.75, 3.05) is 21.0 Å². The normalized spacial score (nSPS) is 31.2. The molecule has 0 radical (unpaired) electrons. The van der Waals surface area contributed by atoms with Crippen LogP contribution in [0.3, 0.4) is 0 Å². The van der Waals surface area contributed by atoms with Crippen LogP contribution in [-0.2, 0) is 18.9 Å². The zero-order valence-corrected chi connectivity index (χ0v) is 20.4. The zero-order valence-electron chi connectivity index (χ0n) is 20.4. The second kappa shape index (κ2) is 10.4. The molecule has 2 aliphatic heterocycles. The van der Waals surface area contributed by atoms with Crippen LogP contribution in [-0.4, -0.2) is 68.0 Å². The van der Waals surface area contributed by atoms with Gasteiger partial charge in [-0.05, 0) is 51.8 Å². The van der Waals surface area contributed by atoms with E-state index in [-0.39, 0.29) is 18.1 Å². The van der Waals surface area contributed by atoms with E-state index < -0.39 is 41.8 Å². The van der Waals surface area contributed by atoms with Crippen molar-refractivity contribution in [3.63, 3.8) is 0 Å². The van der Waals surface area contributed by atoms with Gasteiger partial charge >= 0.3 is 5.97 Å². The first-order valence-electron chi connectivity index (χ1n) is 11.1. The number of benzene rings is 1. The molecule has 1 aromatic carbocycles. The molecule has 0 spiro atoms. The third kappa shape index (κ3) is 5.96. The van der Waals surface area contributed by atoms with Gasteiger partial charge in [-0.15, -0.1) is 0 Å². The van der Waals surface area contributed by atoms with Gasteiger partial charge in [0.2, 0.25) is 0 Å². The first-order valence-corrected chi connectivity index (χ1v) is 11.1. The highest BCUT2D eigenvalue weighted by atomic mass is 19.1. The fourth-order valence-corrected chi connectivity index (χ4v) is 3.85.